The van der Waals surface area contributed by atoms with Gasteiger partial charge in [-0.15, -0.1) is 0 Å². The second-order valence-corrected chi connectivity index (χ2v) is 19.2. The molecule has 0 bridgehead atoms. The minimum Gasteiger partial charge on any atom is -0.462 e. The lowest BCUT2D eigenvalue weighted by atomic mass is 10.1. The summed E-state index contributed by atoms with van der Waals surface area (Å²) in [6.07, 6.45) is 74.3. The van der Waals surface area contributed by atoms with E-state index in [0.29, 0.717) is 19.3 Å². The smallest absolute Gasteiger partial charge is 0.306 e. The van der Waals surface area contributed by atoms with E-state index in [1.165, 1.54) is 128 Å². The van der Waals surface area contributed by atoms with Gasteiger partial charge in [-0.3, -0.25) is 14.4 Å². The van der Waals surface area contributed by atoms with Crippen molar-refractivity contribution in [2.24, 2.45) is 0 Å². The fourth-order valence-corrected chi connectivity index (χ4v) is 8.03. The van der Waals surface area contributed by atoms with Crippen LogP contribution in [0, 0.1) is 0 Å². The third-order valence-corrected chi connectivity index (χ3v) is 12.4. The van der Waals surface area contributed by atoms with Gasteiger partial charge in [-0.05, 0) is 96.3 Å². The zero-order chi connectivity index (χ0) is 50.0. The van der Waals surface area contributed by atoms with Gasteiger partial charge < -0.3 is 14.2 Å². The molecule has 1 atom stereocenters. The molecule has 0 aromatic carbocycles. The van der Waals surface area contributed by atoms with Gasteiger partial charge in [-0.2, -0.15) is 0 Å². The summed E-state index contributed by atoms with van der Waals surface area (Å²) in [6.45, 7) is 6.49. The molecule has 0 aliphatic carbocycles. The Hall–Kier alpha value is -3.41. The SMILES string of the molecule is CC/C=C\C/C=C\C/C=C\C/C=C\C/C=C\CCCCCCCCCC(=O)OCC(COC(=O)CCCCCCCCCCCC)OC(=O)CCCCCCCCC/C=C\C/C=C\CCCCCC. The molecule has 1 unspecified atom stereocenters. The summed E-state index contributed by atoms with van der Waals surface area (Å²) in [7, 11) is 0. The Balaban J connectivity index is 4.33. The molecule has 0 amide bonds. The molecule has 0 saturated heterocycles. The molecular weight excluding hydrogens is 853 g/mol. The topological polar surface area (TPSA) is 78.9 Å². The minimum atomic E-state index is -0.784. The van der Waals surface area contributed by atoms with Crippen molar-refractivity contribution >= 4 is 17.9 Å². The predicted octanol–water partition coefficient (Wildman–Crippen LogP) is 19.5. The number of carbonyl (C=O) groups excluding carboxylic acids is 3. The average Bonchev–Trinajstić information content (AvgIpc) is 3.35. The average molecular weight is 962 g/mol. The molecule has 69 heavy (non-hydrogen) atoms. The van der Waals surface area contributed by atoms with Crippen LogP contribution in [0.2, 0.25) is 0 Å². The van der Waals surface area contributed by atoms with Crippen LogP contribution in [-0.2, 0) is 28.6 Å². The first-order valence-electron chi connectivity index (χ1n) is 29.1. The number of hydrogen-bond donors (Lipinski definition) is 0. The van der Waals surface area contributed by atoms with Gasteiger partial charge in [0.1, 0.15) is 13.2 Å². The lowest BCUT2D eigenvalue weighted by molar-refractivity contribution is -0.167. The Labute approximate surface area is 426 Å². The summed E-state index contributed by atoms with van der Waals surface area (Å²) in [5.74, 6) is -0.896. The lowest BCUT2D eigenvalue weighted by Gasteiger charge is -2.18. The van der Waals surface area contributed by atoms with E-state index in [1.807, 2.05) is 0 Å². The zero-order valence-corrected chi connectivity index (χ0v) is 45.3. The van der Waals surface area contributed by atoms with Crippen molar-refractivity contribution < 1.29 is 28.6 Å². The summed E-state index contributed by atoms with van der Waals surface area (Å²) < 4.78 is 16.8. The molecule has 0 fully saturated rings. The highest BCUT2D eigenvalue weighted by Gasteiger charge is 2.19. The number of rotatable bonds is 52. The van der Waals surface area contributed by atoms with Gasteiger partial charge in [0, 0.05) is 19.3 Å². The third kappa shape index (κ3) is 55.4. The quantitative estimate of drug-likeness (QED) is 0.0262. The van der Waals surface area contributed by atoms with Crippen molar-refractivity contribution in [3.8, 4) is 0 Å². The Bertz CT molecular complexity index is 1330. The van der Waals surface area contributed by atoms with Crippen LogP contribution in [0.4, 0.5) is 0 Å². The molecule has 0 radical (unpaired) electrons. The molecular formula is C63H108O6. The maximum absolute atomic E-state index is 12.8. The highest BCUT2D eigenvalue weighted by atomic mass is 16.6. The van der Waals surface area contributed by atoms with Crippen LogP contribution in [0.5, 0.6) is 0 Å². The standard InChI is InChI=1S/C63H108O6/c1-4-7-10-13-16-19-22-24-26-28-30-31-32-33-34-36-37-39-41-44-47-50-53-56-62(65)68-59-60(58-67-61(64)55-52-49-46-43-21-18-15-12-9-6-3)69-63(66)57-54-51-48-45-42-40-38-35-29-27-25-23-20-17-14-11-8-5-2/h7,10,16,19-20,23-24,26-27,29-31,33-34,60H,4-6,8-9,11-15,17-18,21-22,25,28,32,35-59H2,1-3H3/b10-7-,19-16-,23-20-,26-24-,29-27-,31-30-,34-33-. The van der Waals surface area contributed by atoms with E-state index in [0.717, 1.165) is 109 Å². The van der Waals surface area contributed by atoms with Crippen molar-refractivity contribution in [3.05, 3.63) is 85.1 Å². The first-order chi connectivity index (χ1) is 34.0. The fraction of sp³-hybridized carbons (Fsp3) is 0.730. The number of carbonyl (C=O) groups is 3. The molecule has 0 spiro atoms. The van der Waals surface area contributed by atoms with E-state index in [4.69, 9.17) is 14.2 Å². The highest BCUT2D eigenvalue weighted by molar-refractivity contribution is 5.71. The Morgan fingerprint density at radius 1 is 0.304 bits per heavy atom. The van der Waals surface area contributed by atoms with Crippen LogP contribution in [0.1, 0.15) is 278 Å². The van der Waals surface area contributed by atoms with Gasteiger partial charge in [0.05, 0.1) is 0 Å². The maximum Gasteiger partial charge on any atom is 0.306 e. The number of esters is 3. The molecule has 0 rings (SSSR count). The Morgan fingerprint density at radius 2 is 0.565 bits per heavy atom. The first kappa shape index (κ1) is 65.6. The molecule has 396 valence electrons. The normalized spacial score (nSPS) is 12.7. The molecule has 0 aliphatic rings. The molecule has 0 aromatic rings. The first-order valence-corrected chi connectivity index (χ1v) is 29.1. The van der Waals surface area contributed by atoms with Crippen LogP contribution in [0.3, 0.4) is 0 Å². The van der Waals surface area contributed by atoms with Crippen molar-refractivity contribution in [2.45, 2.75) is 284 Å². The molecule has 0 saturated carbocycles. The van der Waals surface area contributed by atoms with Gasteiger partial charge in [-0.25, -0.2) is 0 Å². The molecule has 6 heteroatoms. The van der Waals surface area contributed by atoms with E-state index >= 15 is 0 Å². The van der Waals surface area contributed by atoms with Crippen LogP contribution in [-0.4, -0.2) is 37.2 Å². The van der Waals surface area contributed by atoms with Gasteiger partial charge in [0.2, 0.25) is 0 Å². The summed E-state index contributed by atoms with van der Waals surface area (Å²) in [5.41, 5.74) is 0. The van der Waals surface area contributed by atoms with Gasteiger partial charge in [0.25, 0.3) is 0 Å². The summed E-state index contributed by atoms with van der Waals surface area (Å²) in [6, 6.07) is 0. The number of allylic oxidation sites excluding steroid dienone is 14. The number of unbranched alkanes of at least 4 members (excludes halogenated alkanes) is 27. The number of hydrogen-bond acceptors (Lipinski definition) is 6. The van der Waals surface area contributed by atoms with Gasteiger partial charge >= 0.3 is 17.9 Å². The summed E-state index contributed by atoms with van der Waals surface area (Å²) >= 11 is 0. The Morgan fingerprint density at radius 3 is 0.899 bits per heavy atom. The highest BCUT2D eigenvalue weighted by Crippen LogP contribution is 2.15. The van der Waals surface area contributed by atoms with Crippen molar-refractivity contribution in [2.75, 3.05) is 13.2 Å². The van der Waals surface area contributed by atoms with Gasteiger partial charge in [0.15, 0.2) is 6.10 Å². The molecule has 0 aromatic heterocycles. The number of ether oxygens (including phenoxy) is 3. The van der Waals surface area contributed by atoms with Crippen molar-refractivity contribution in [3.63, 3.8) is 0 Å². The van der Waals surface area contributed by atoms with Crippen molar-refractivity contribution in [1.29, 1.82) is 0 Å². The van der Waals surface area contributed by atoms with Crippen LogP contribution in [0.25, 0.3) is 0 Å². The second kappa shape index (κ2) is 57.2. The van der Waals surface area contributed by atoms with E-state index in [2.05, 4.69) is 106 Å². The molecule has 6 nitrogen and oxygen atoms in total. The maximum atomic E-state index is 12.8. The molecule has 0 aliphatic heterocycles. The van der Waals surface area contributed by atoms with Gasteiger partial charge in [-0.1, -0.05) is 247 Å². The third-order valence-electron chi connectivity index (χ3n) is 12.4. The van der Waals surface area contributed by atoms with E-state index < -0.39 is 6.10 Å². The largest absolute Gasteiger partial charge is 0.462 e. The second-order valence-electron chi connectivity index (χ2n) is 19.2. The van der Waals surface area contributed by atoms with Crippen LogP contribution in [0.15, 0.2) is 85.1 Å². The monoisotopic (exact) mass is 961 g/mol. The molecule has 0 N–H and O–H groups in total. The summed E-state index contributed by atoms with van der Waals surface area (Å²) in [5, 5.41) is 0. The van der Waals surface area contributed by atoms with Crippen molar-refractivity contribution in [1.82, 2.24) is 0 Å². The van der Waals surface area contributed by atoms with E-state index in [9.17, 15) is 14.4 Å². The van der Waals surface area contributed by atoms with E-state index in [1.54, 1.807) is 0 Å². The van der Waals surface area contributed by atoms with Crippen LogP contribution < -0.4 is 0 Å². The fourth-order valence-electron chi connectivity index (χ4n) is 8.03. The Kier molecular flexibility index (Phi) is 54.3. The van der Waals surface area contributed by atoms with E-state index in [-0.39, 0.29) is 31.1 Å². The lowest BCUT2D eigenvalue weighted by Crippen LogP contribution is -2.30. The predicted molar refractivity (Wildman–Crippen MR) is 297 cm³/mol. The molecule has 0 heterocycles. The zero-order valence-electron chi connectivity index (χ0n) is 45.3. The minimum absolute atomic E-state index is 0.0816. The summed E-state index contributed by atoms with van der Waals surface area (Å²) in [4.78, 5) is 38.1. The van der Waals surface area contributed by atoms with Crippen LogP contribution >= 0.6 is 0 Å².